The van der Waals surface area contributed by atoms with Crippen molar-refractivity contribution >= 4 is 0 Å². The first kappa shape index (κ1) is 18.0. The summed E-state index contributed by atoms with van der Waals surface area (Å²) in [5.41, 5.74) is 0.538. The Morgan fingerprint density at radius 2 is 1.70 bits per heavy atom. The van der Waals surface area contributed by atoms with Gasteiger partial charge in [0.05, 0.1) is 0 Å². The molecule has 0 aromatic carbocycles. The third kappa shape index (κ3) is 6.58. The molecule has 20 heavy (non-hydrogen) atoms. The summed E-state index contributed by atoms with van der Waals surface area (Å²) in [5, 5.41) is 3.73. The second-order valence-electron chi connectivity index (χ2n) is 7.31. The molecule has 0 bridgehead atoms. The highest BCUT2D eigenvalue weighted by Crippen LogP contribution is 2.35. The standard InChI is InChI=1S/C18H38N2/c1-5-13-19-15-18(11-9-7-8-10-12-18)16-20(6-2)14-17(3)4/h17,19H,5-16H2,1-4H3. The molecule has 0 unspecified atom stereocenters. The van der Waals surface area contributed by atoms with Crippen molar-refractivity contribution < 1.29 is 0 Å². The van der Waals surface area contributed by atoms with E-state index >= 15 is 0 Å². The molecule has 0 amide bonds. The maximum Gasteiger partial charge on any atom is 0.00501 e. The Morgan fingerprint density at radius 1 is 1.05 bits per heavy atom. The van der Waals surface area contributed by atoms with Crippen LogP contribution in [0.15, 0.2) is 0 Å². The van der Waals surface area contributed by atoms with Gasteiger partial charge in [0.1, 0.15) is 0 Å². The maximum atomic E-state index is 3.73. The Labute approximate surface area is 127 Å². The summed E-state index contributed by atoms with van der Waals surface area (Å²) in [4.78, 5) is 2.70. The molecule has 0 spiro atoms. The molecule has 2 heteroatoms. The van der Waals surface area contributed by atoms with E-state index in [4.69, 9.17) is 0 Å². The molecule has 0 atom stereocenters. The average Bonchev–Trinajstić information content (AvgIpc) is 2.64. The van der Waals surface area contributed by atoms with E-state index in [9.17, 15) is 0 Å². The summed E-state index contributed by atoms with van der Waals surface area (Å²) in [5.74, 6) is 0.779. The van der Waals surface area contributed by atoms with Gasteiger partial charge in [-0.15, -0.1) is 0 Å². The van der Waals surface area contributed by atoms with Crippen LogP contribution in [0.3, 0.4) is 0 Å². The Kier molecular flexibility index (Phi) is 8.79. The molecule has 120 valence electrons. The van der Waals surface area contributed by atoms with Gasteiger partial charge in [-0.2, -0.15) is 0 Å². The predicted molar refractivity (Wildman–Crippen MR) is 90.2 cm³/mol. The van der Waals surface area contributed by atoms with Gasteiger partial charge in [0.25, 0.3) is 0 Å². The molecule has 1 fully saturated rings. The summed E-state index contributed by atoms with van der Waals surface area (Å²) in [6, 6.07) is 0. The minimum Gasteiger partial charge on any atom is -0.316 e. The Morgan fingerprint density at radius 3 is 2.20 bits per heavy atom. The van der Waals surface area contributed by atoms with E-state index < -0.39 is 0 Å². The summed E-state index contributed by atoms with van der Waals surface area (Å²) in [7, 11) is 0. The van der Waals surface area contributed by atoms with Gasteiger partial charge in [0.15, 0.2) is 0 Å². The van der Waals surface area contributed by atoms with Gasteiger partial charge >= 0.3 is 0 Å². The van der Waals surface area contributed by atoms with Crippen molar-refractivity contribution in [1.82, 2.24) is 10.2 Å². The fourth-order valence-electron chi connectivity index (χ4n) is 3.70. The molecule has 0 heterocycles. The Bertz CT molecular complexity index is 230. The lowest BCUT2D eigenvalue weighted by Crippen LogP contribution is -2.45. The molecule has 0 radical (unpaired) electrons. The molecule has 0 saturated heterocycles. The lowest BCUT2D eigenvalue weighted by atomic mass is 9.79. The highest BCUT2D eigenvalue weighted by molar-refractivity contribution is 4.87. The quantitative estimate of drug-likeness (QED) is 0.501. The molecular weight excluding hydrogens is 244 g/mol. The molecule has 0 aromatic heterocycles. The largest absolute Gasteiger partial charge is 0.316 e. The summed E-state index contributed by atoms with van der Waals surface area (Å²) in [6.07, 6.45) is 9.88. The molecule has 1 aliphatic carbocycles. The molecule has 2 nitrogen and oxygen atoms in total. The van der Waals surface area contributed by atoms with Gasteiger partial charge in [-0.05, 0) is 43.7 Å². The number of nitrogens with one attached hydrogen (secondary N) is 1. The summed E-state index contributed by atoms with van der Waals surface area (Å²) in [6.45, 7) is 15.5. The van der Waals surface area contributed by atoms with Crippen molar-refractivity contribution in [3.8, 4) is 0 Å². The van der Waals surface area contributed by atoms with Crippen LogP contribution < -0.4 is 5.32 Å². The fraction of sp³-hybridized carbons (Fsp3) is 1.00. The SMILES string of the molecule is CCCNCC1(CN(CC)CC(C)C)CCCCCC1. The summed E-state index contributed by atoms with van der Waals surface area (Å²) < 4.78 is 0. The zero-order valence-electron chi connectivity index (χ0n) is 14.5. The van der Waals surface area contributed by atoms with E-state index in [2.05, 4.69) is 37.9 Å². The van der Waals surface area contributed by atoms with Crippen LogP contribution in [-0.4, -0.2) is 37.6 Å². The first-order valence-electron chi connectivity index (χ1n) is 9.05. The third-order valence-corrected chi connectivity index (χ3v) is 4.72. The lowest BCUT2D eigenvalue weighted by molar-refractivity contribution is 0.121. The third-order valence-electron chi connectivity index (χ3n) is 4.72. The van der Waals surface area contributed by atoms with E-state index in [1.54, 1.807) is 0 Å². The predicted octanol–water partition coefficient (Wildman–Crippen LogP) is 4.30. The number of rotatable bonds is 9. The van der Waals surface area contributed by atoms with Crippen LogP contribution >= 0.6 is 0 Å². The van der Waals surface area contributed by atoms with Gasteiger partial charge < -0.3 is 10.2 Å². The topological polar surface area (TPSA) is 15.3 Å². The van der Waals surface area contributed by atoms with E-state index in [0.29, 0.717) is 5.41 Å². The second kappa shape index (κ2) is 9.78. The van der Waals surface area contributed by atoms with Crippen molar-refractivity contribution in [2.75, 3.05) is 32.7 Å². The minimum absolute atomic E-state index is 0.538. The van der Waals surface area contributed by atoms with Crippen LogP contribution in [0, 0.1) is 11.3 Å². The monoisotopic (exact) mass is 282 g/mol. The minimum atomic E-state index is 0.538. The van der Waals surface area contributed by atoms with Crippen molar-refractivity contribution in [3.05, 3.63) is 0 Å². The Balaban J connectivity index is 2.63. The van der Waals surface area contributed by atoms with Crippen molar-refractivity contribution in [2.24, 2.45) is 11.3 Å². The van der Waals surface area contributed by atoms with E-state index in [1.807, 2.05) is 0 Å². The van der Waals surface area contributed by atoms with E-state index in [0.717, 1.165) is 5.92 Å². The smallest absolute Gasteiger partial charge is 0.00501 e. The highest BCUT2D eigenvalue weighted by Gasteiger charge is 2.32. The van der Waals surface area contributed by atoms with E-state index in [-0.39, 0.29) is 0 Å². The van der Waals surface area contributed by atoms with Crippen LogP contribution in [-0.2, 0) is 0 Å². The van der Waals surface area contributed by atoms with Gasteiger partial charge in [0.2, 0.25) is 0 Å². The van der Waals surface area contributed by atoms with Gasteiger partial charge in [-0.25, -0.2) is 0 Å². The van der Waals surface area contributed by atoms with Crippen molar-refractivity contribution in [3.63, 3.8) is 0 Å². The molecule has 1 saturated carbocycles. The molecule has 0 aromatic rings. The zero-order chi connectivity index (χ0) is 14.8. The molecular formula is C18H38N2. The Hall–Kier alpha value is -0.0800. The van der Waals surface area contributed by atoms with Crippen LogP contribution in [0.25, 0.3) is 0 Å². The molecule has 1 N–H and O–H groups in total. The highest BCUT2D eigenvalue weighted by atomic mass is 15.1. The zero-order valence-corrected chi connectivity index (χ0v) is 14.5. The van der Waals surface area contributed by atoms with Gasteiger partial charge in [-0.3, -0.25) is 0 Å². The van der Waals surface area contributed by atoms with E-state index in [1.165, 1.54) is 77.7 Å². The number of hydrogen-bond donors (Lipinski definition) is 1. The van der Waals surface area contributed by atoms with Crippen molar-refractivity contribution in [1.29, 1.82) is 0 Å². The van der Waals surface area contributed by atoms with Gasteiger partial charge in [0, 0.05) is 19.6 Å². The normalized spacial score (nSPS) is 19.5. The van der Waals surface area contributed by atoms with Gasteiger partial charge in [-0.1, -0.05) is 53.4 Å². The molecule has 1 aliphatic rings. The van der Waals surface area contributed by atoms with Crippen LogP contribution in [0.2, 0.25) is 0 Å². The first-order chi connectivity index (χ1) is 9.62. The second-order valence-corrected chi connectivity index (χ2v) is 7.31. The maximum absolute atomic E-state index is 3.73. The first-order valence-corrected chi connectivity index (χ1v) is 9.05. The van der Waals surface area contributed by atoms with Crippen LogP contribution in [0.4, 0.5) is 0 Å². The number of hydrogen-bond acceptors (Lipinski definition) is 2. The van der Waals surface area contributed by atoms with Crippen LogP contribution in [0.5, 0.6) is 0 Å². The van der Waals surface area contributed by atoms with Crippen LogP contribution in [0.1, 0.15) is 72.6 Å². The molecule has 0 aliphatic heterocycles. The lowest BCUT2D eigenvalue weighted by Gasteiger charge is -2.38. The molecule has 1 rings (SSSR count). The fourth-order valence-corrected chi connectivity index (χ4v) is 3.70. The van der Waals surface area contributed by atoms with Crippen molar-refractivity contribution in [2.45, 2.75) is 72.6 Å². The summed E-state index contributed by atoms with van der Waals surface area (Å²) >= 11 is 0. The number of nitrogens with zero attached hydrogens (tertiary/aromatic N) is 1. The average molecular weight is 283 g/mol.